The zero-order chi connectivity index (χ0) is 20.9. The molecule has 2 aromatic heterocycles. The van der Waals surface area contributed by atoms with E-state index in [-0.39, 0.29) is 24.2 Å². The predicted octanol–water partition coefficient (Wildman–Crippen LogP) is 4.88. The van der Waals surface area contributed by atoms with Gasteiger partial charge in [-0.3, -0.25) is 9.48 Å². The summed E-state index contributed by atoms with van der Waals surface area (Å²) in [6.07, 6.45) is 3.63. The van der Waals surface area contributed by atoms with Gasteiger partial charge in [-0.2, -0.15) is 5.10 Å². The van der Waals surface area contributed by atoms with Crippen LogP contribution in [0.15, 0.2) is 67.0 Å². The van der Waals surface area contributed by atoms with Gasteiger partial charge in [0.2, 0.25) is 0 Å². The highest BCUT2D eigenvalue weighted by atomic mass is 32.1. The quantitative estimate of drug-likeness (QED) is 0.439. The van der Waals surface area contributed by atoms with Gasteiger partial charge in [-0.1, -0.05) is 31.2 Å². The number of carbonyl (C=O) groups is 1. The predicted molar refractivity (Wildman–Crippen MR) is 116 cm³/mol. The van der Waals surface area contributed by atoms with Crippen molar-refractivity contribution < 1.29 is 13.9 Å². The highest BCUT2D eigenvalue weighted by Crippen LogP contribution is 2.34. The van der Waals surface area contributed by atoms with Crippen LogP contribution in [0.2, 0.25) is 0 Å². The zero-order valence-corrected chi connectivity index (χ0v) is 17.4. The van der Waals surface area contributed by atoms with Gasteiger partial charge in [-0.05, 0) is 36.2 Å². The zero-order valence-electron chi connectivity index (χ0n) is 16.5. The fraction of sp³-hybridized carbons (Fsp3) is 0.217. The molecule has 0 fully saturated rings. The van der Waals surface area contributed by atoms with Crippen LogP contribution in [0.1, 0.15) is 22.2 Å². The van der Waals surface area contributed by atoms with Gasteiger partial charge in [0.1, 0.15) is 18.2 Å². The van der Waals surface area contributed by atoms with Crippen LogP contribution in [0.5, 0.6) is 5.75 Å². The number of thiophene rings is 1. The Morgan fingerprint density at radius 2 is 2.03 bits per heavy atom. The molecule has 4 rings (SSSR count). The van der Waals surface area contributed by atoms with Crippen LogP contribution in [-0.4, -0.2) is 22.2 Å². The molecule has 0 saturated carbocycles. The first-order chi connectivity index (χ1) is 14.6. The molecule has 0 bridgehead atoms. The second kappa shape index (κ2) is 9.09. The molecule has 7 heteroatoms. The van der Waals surface area contributed by atoms with E-state index in [0.717, 1.165) is 4.70 Å². The molecular formula is C23H22FN3O2S. The molecule has 0 aliphatic heterocycles. The Bertz CT molecular complexity index is 1130. The molecule has 5 nitrogen and oxygen atoms in total. The van der Waals surface area contributed by atoms with Crippen molar-refractivity contribution in [3.8, 4) is 5.75 Å². The molecule has 2 heterocycles. The summed E-state index contributed by atoms with van der Waals surface area (Å²) in [7, 11) is 0. The second-order valence-electron chi connectivity index (χ2n) is 7.17. The number of nitrogens with one attached hydrogen (secondary N) is 1. The minimum absolute atomic E-state index is 0.122. The van der Waals surface area contributed by atoms with E-state index in [0.29, 0.717) is 34.7 Å². The molecule has 0 aliphatic rings. The first-order valence-electron chi connectivity index (χ1n) is 9.75. The lowest BCUT2D eigenvalue weighted by Gasteiger charge is -2.13. The Balaban J connectivity index is 1.53. The summed E-state index contributed by atoms with van der Waals surface area (Å²) < 4.78 is 23.0. The van der Waals surface area contributed by atoms with Gasteiger partial charge in [0.05, 0.1) is 4.88 Å². The van der Waals surface area contributed by atoms with Crippen LogP contribution in [0, 0.1) is 11.7 Å². The SMILES string of the molecule is CC(CNC(=O)c1sc2cccc(F)c2c1COc1ccccc1)Cn1cccn1. The molecule has 154 valence electrons. The lowest BCUT2D eigenvalue weighted by molar-refractivity contribution is 0.0948. The number of para-hydroxylation sites is 1. The summed E-state index contributed by atoms with van der Waals surface area (Å²) in [4.78, 5) is 13.4. The molecule has 0 spiro atoms. The molecule has 1 unspecified atom stereocenters. The first kappa shape index (κ1) is 20.1. The fourth-order valence-electron chi connectivity index (χ4n) is 3.30. The number of amides is 1. The van der Waals surface area contributed by atoms with Crippen molar-refractivity contribution in [2.45, 2.75) is 20.1 Å². The summed E-state index contributed by atoms with van der Waals surface area (Å²) in [6, 6.07) is 16.1. The van der Waals surface area contributed by atoms with Crippen molar-refractivity contribution in [2.75, 3.05) is 6.54 Å². The van der Waals surface area contributed by atoms with E-state index in [1.54, 1.807) is 12.3 Å². The number of fused-ring (bicyclic) bond motifs is 1. The maximum atomic E-state index is 14.6. The Morgan fingerprint density at radius 1 is 1.20 bits per heavy atom. The van der Waals surface area contributed by atoms with E-state index >= 15 is 0 Å². The maximum Gasteiger partial charge on any atom is 0.261 e. The van der Waals surface area contributed by atoms with E-state index in [9.17, 15) is 9.18 Å². The highest BCUT2D eigenvalue weighted by molar-refractivity contribution is 7.21. The lowest BCUT2D eigenvalue weighted by atomic mass is 10.1. The lowest BCUT2D eigenvalue weighted by Crippen LogP contribution is -2.30. The average molecular weight is 424 g/mol. The molecule has 2 aromatic carbocycles. The number of hydrogen-bond donors (Lipinski definition) is 1. The highest BCUT2D eigenvalue weighted by Gasteiger charge is 2.21. The number of benzene rings is 2. The first-order valence-corrected chi connectivity index (χ1v) is 10.6. The van der Waals surface area contributed by atoms with E-state index in [4.69, 9.17) is 4.74 Å². The minimum Gasteiger partial charge on any atom is -0.489 e. The van der Waals surface area contributed by atoms with Gasteiger partial charge in [-0.25, -0.2) is 4.39 Å². The molecule has 0 radical (unpaired) electrons. The summed E-state index contributed by atoms with van der Waals surface area (Å²) >= 11 is 1.29. The van der Waals surface area contributed by atoms with Crippen molar-refractivity contribution in [1.29, 1.82) is 0 Å². The Labute approximate surface area is 178 Å². The molecule has 0 aliphatic carbocycles. The topological polar surface area (TPSA) is 56.1 Å². The van der Waals surface area contributed by atoms with E-state index in [1.807, 2.05) is 60.3 Å². The molecular weight excluding hydrogens is 401 g/mol. The smallest absolute Gasteiger partial charge is 0.261 e. The third kappa shape index (κ3) is 4.52. The van der Waals surface area contributed by atoms with Gasteiger partial charge in [0.15, 0.2) is 0 Å². The van der Waals surface area contributed by atoms with E-state index in [1.165, 1.54) is 17.4 Å². The Morgan fingerprint density at radius 3 is 2.80 bits per heavy atom. The number of ether oxygens (including phenoxy) is 1. The van der Waals surface area contributed by atoms with Crippen molar-refractivity contribution in [2.24, 2.45) is 5.92 Å². The van der Waals surface area contributed by atoms with Crippen LogP contribution in [-0.2, 0) is 13.2 Å². The number of carbonyl (C=O) groups excluding carboxylic acids is 1. The second-order valence-corrected chi connectivity index (χ2v) is 8.22. The van der Waals surface area contributed by atoms with Crippen LogP contribution in [0.4, 0.5) is 4.39 Å². The van der Waals surface area contributed by atoms with Crippen molar-refractivity contribution >= 4 is 27.3 Å². The molecule has 4 aromatic rings. The van der Waals surface area contributed by atoms with E-state index < -0.39 is 0 Å². The van der Waals surface area contributed by atoms with Crippen LogP contribution < -0.4 is 10.1 Å². The van der Waals surface area contributed by atoms with Crippen LogP contribution >= 0.6 is 11.3 Å². The number of halogens is 1. The molecule has 0 saturated heterocycles. The van der Waals surface area contributed by atoms with Crippen molar-refractivity contribution in [3.05, 3.63) is 83.2 Å². The van der Waals surface area contributed by atoms with Gasteiger partial charge < -0.3 is 10.1 Å². The Hall–Kier alpha value is -3.19. The fourth-order valence-corrected chi connectivity index (χ4v) is 4.44. The molecule has 1 amide bonds. The average Bonchev–Trinajstić information content (AvgIpc) is 3.39. The van der Waals surface area contributed by atoms with E-state index in [2.05, 4.69) is 10.4 Å². The summed E-state index contributed by atoms with van der Waals surface area (Å²) in [5.41, 5.74) is 0.578. The summed E-state index contributed by atoms with van der Waals surface area (Å²) in [5, 5.41) is 7.63. The normalized spacial score (nSPS) is 12.1. The van der Waals surface area contributed by atoms with Gasteiger partial charge in [0.25, 0.3) is 5.91 Å². The van der Waals surface area contributed by atoms with Gasteiger partial charge >= 0.3 is 0 Å². The molecule has 30 heavy (non-hydrogen) atoms. The Kier molecular flexibility index (Phi) is 6.09. The minimum atomic E-state index is -0.346. The molecule has 1 atom stereocenters. The van der Waals surface area contributed by atoms with Crippen LogP contribution in [0.3, 0.4) is 0 Å². The summed E-state index contributed by atoms with van der Waals surface area (Å²) in [6.45, 7) is 3.37. The van der Waals surface area contributed by atoms with Crippen molar-refractivity contribution in [3.63, 3.8) is 0 Å². The monoisotopic (exact) mass is 423 g/mol. The van der Waals surface area contributed by atoms with Crippen LogP contribution in [0.25, 0.3) is 10.1 Å². The van der Waals surface area contributed by atoms with Crippen molar-refractivity contribution in [1.82, 2.24) is 15.1 Å². The maximum absolute atomic E-state index is 14.6. The van der Waals surface area contributed by atoms with Gasteiger partial charge in [0, 0.05) is 41.1 Å². The third-order valence-corrected chi connectivity index (χ3v) is 5.96. The standard InChI is InChI=1S/C23H22FN3O2S/c1-16(14-27-12-6-11-26-27)13-25-23(28)22-18(15-29-17-7-3-2-4-8-17)21-19(24)9-5-10-20(21)30-22/h2-12,16H,13-15H2,1H3,(H,25,28). The number of hydrogen-bond acceptors (Lipinski definition) is 4. The van der Waals surface area contributed by atoms with Gasteiger partial charge in [-0.15, -0.1) is 11.3 Å². The largest absolute Gasteiger partial charge is 0.489 e. The molecule has 1 N–H and O–H groups in total. The number of nitrogens with zero attached hydrogens (tertiary/aromatic N) is 2. The third-order valence-electron chi connectivity index (χ3n) is 4.76. The number of aromatic nitrogens is 2. The number of rotatable bonds is 8. The summed E-state index contributed by atoms with van der Waals surface area (Å²) in [5.74, 6) is 0.312.